The van der Waals surface area contributed by atoms with Gasteiger partial charge in [0.05, 0.1) is 32.2 Å². The van der Waals surface area contributed by atoms with Gasteiger partial charge in [0.2, 0.25) is 10.1 Å². The van der Waals surface area contributed by atoms with Crippen molar-refractivity contribution in [3.8, 4) is 11.5 Å². The number of methoxy groups -OCH3 is 2. The molecule has 24 heavy (non-hydrogen) atoms. The second kappa shape index (κ2) is 5.98. The zero-order valence-electron chi connectivity index (χ0n) is 14.0. The highest BCUT2D eigenvalue weighted by Gasteiger charge is 2.31. The third-order valence-corrected chi connectivity index (χ3v) is 5.41. The zero-order chi connectivity index (χ0) is 16.7. The van der Waals surface area contributed by atoms with Crippen LogP contribution in [0.1, 0.15) is 30.1 Å². The van der Waals surface area contributed by atoms with Gasteiger partial charge in [-0.15, -0.1) is 5.10 Å². The second-order valence-corrected chi connectivity index (χ2v) is 6.89. The number of aromatic nitrogens is 3. The summed E-state index contributed by atoms with van der Waals surface area (Å²) in [7, 11) is 3.38. The van der Waals surface area contributed by atoms with E-state index in [0.717, 1.165) is 46.7 Å². The molecule has 0 N–H and O–H groups in total. The minimum atomic E-state index is 0.266. The van der Waals surface area contributed by atoms with Crippen LogP contribution in [-0.2, 0) is 0 Å². The Hall–Kier alpha value is -2.28. The second-order valence-electron chi connectivity index (χ2n) is 5.95. The molecule has 1 saturated heterocycles. The number of hydrogen-bond acceptors (Lipinski definition) is 6. The number of imidazole rings is 1. The fourth-order valence-corrected chi connectivity index (χ4v) is 4.33. The lowest BCUT2D eigenvalue weighted by Gasteiger charge is -2.25. The summed E-state index contributed by atoms with van der Waals surface area (Å²) >= 11 is 1.64. The van der Waals surface area contributed by atoms with Crippen molar-refractivity contribution in [2.75, 3.05) is 25.7 Å². The summed E-state index contributed by atoms with van der Waals surface area (Å²) in [6.45, 7) is 2.98. The third-order valence-electron chi connectivity index (χ3n) is 4.45. The van der Waals surface area contributed by atoms with Crippen LogP contribution in [0.4, 0.5) is 5.13 Å². The zero-order valence-corrected chi connectivity index (χ0v) is 14.8. The Bertz CT molecular complexity index is 841. The molecule has 1 atom stereocenters. The van der Waals surface area contributed by atoms with Gasteiger partial charge in [0.25, 0.3) is 0 Å². The molecule has 3 aromatic rings. The summed E-state index contributed by atoms with van der Waals surface area (Å²) in [5.41, 5.74) is 2.18. The number of aryl methyl sites for hydroxylation is 1. The molecular weight excluding hydrogens is 324 g/mol. The Morgan fingerprint density at radius 2 is 2.12 bits per heavy atom. The molecule has 0 aliphatic carbocycles. The maximum Gasteiger partial charge on any atom is 0.214 e. The van der Waals surface area contributed by atoms with E-state index in [1.54, 1.807) is 25.6 Å². The molecule has 0 spiro atoms. The quantitative estimate of drug-likeness (QED) is 0.725. The first-order valence-electron chi connectivity index (χ1n) is 8.01. The lowest BCUT2D eigenvalue weighted by molar-refractivity contribution is 0.388. The molecule has 2 aromatic heterocycles. The average molecular weight is 344 g/mol. The van der Waals surface area contributed by atoms with E-state index in [-0.39, 0.29) is 6.04 Å². The van der Waals surface area contributed by atoms with Gasteiger partial charge >= 0.3 is 0 Å². The van der Waals surface area contributed by atoms with Gasteiger partial charge in [-0.2, -0.15) is 0 Å². The van der Waals surface area contributed by atoms with E-state index in [0.29, 0.717) is 0 Å². The number of rotatable bonds is 4. The van der Waals surface area contributed by atoms with Crippen LogP contribution >= 0.6 is 11.3 Å². The van der Waals surface area contributed by atoms with E-state index in [9.17, 15) is 0 Å². The topological polar surface area (TPSA) is 51.9 Å². The monoisotopic (exact) mass is 344 g/mol. The molecule has 126 valence electrons. The van der Waals surface area contributed by atoms with Crippen molar-refractivity contribution in [1.29, 1.82) is 0 Å². The van der Waals surface area contributed by atoms with Gasteiger partial charge in [-0.1, -0.05) is 11.3 Å². The summed E-state index contributed by atoms with van der Waals surface area (Å²) in [4.78, 5) is 7.81. The molecule has 7 heteroatoms. The molecule has 6 nitrogen and oxygen atoms in total. The van der Waals surface area contributed by atoms with Gasteiger partial charge in [-0.05, 0) is 31.9 Å². The van der Waals surface area contributed by atoms with Crippen LogP contribution < -0.4 is 14.4 Å². The predicted molar refractivity (Wildman–Crippen MR) is 94.5 cm³/mol. The van der Waals surface area contributed by atoms with Gasteiger partial charge in [-0.25, -0.2) is 9.50 Å². The lowest BCUT2D eigenvalue weighted by atomic mass is 10.0. The molecule has 0 radical (unpaired) electrons. The first kappa shape index (κ1) is 15.3. The number of hydrogen-bond donors (Lipinski definition) is 0. The van der Waals surface area contributed by atoms with E-state index >= 15 is 0 Å². The standard InChI is InChI=1S/C17H20N4O2S/c1-11-10-21-16(18-11)24-17(19-21)20-8-4-5-14(20)13-7-6-12(22-2)9-15(13)23-3/h6-7,9-10,14H,4-5,8H2,1-3H3/t14-/m1/s1. The first-order valence-corrected chi connectivity index (χ1v) is 8.82. The molecule has 1 aromatic carbocycles. The molecule has 1 aliphatic heterocycles. The van der Waals surface area contributed by atoms with Gasteiger partial charge in [0, 0.05) is 18.2 Å². The molecule has 0 amide bonds. The van der Waals surface area contributed by atoms with Gasteiger partial charge < -0.3 is 14.4 Å². The summed E-state index contributed by atoms with van der Waals surface area (Å²) in [5.74, 6) is 1.67. The van der Waals surface area contributed by atoms with Crippen molar-refractivity contribution in [1.82, 2.24) is 14.6 Å². The van der Waals surface area contributed by atoms with Crippen molar-refractivity contribution in [3.05, 3.63) is 35.7 Å². The van der Waals surface area contributed by atoms with Crippen molar-refractivity contribution >= 4 is 21.4 Å². The van der Waals surface area contributed by atoms with Gasteiger partial charge in [0.15, 0.2) is 0 Å². The van der Waals surface area contributed by atoms with Crippen LogP contribution in [0.25, 0.3) is 4.96 Å². The normalized spacial score (nSPS) is 17.6. The lowest BCUT2D eigenvalue weighted by Crippen LogP contribution is -2.23. The van der Waals surface area contributed by atoms with Crippen LogP contribution in [-0.4, -0.2) is 35.4 Å². The highest BCUT2D eigenvalue weighted by Crippen LogP contribution is 2.42. The maximum absolute atomic E-state index is 5.60. The summed E-state index contributed by atoms with van der Waals surface area (Å²) in [6, 6.07) is 6.31. The number of benzene rings is 1. The molecule has 0 saturated carbocycles. The molecule has 1 aliphatic rings. The van der Waals surface area contributed by atoms with Crippen molar-refractivity contribution in [2.24, 2.45) is 0 Å². The van der Waals surface area contributed by atoms with E-state index in [2.05, 4.69) is 16.0 Å². The van der Waals surface area contributed by atoms with Crippen LogP contribution in [0.5, 0.6) is 11.5 Å². The van der Waals surface area contributed by atoms with Crippen molar-refractivity contribution in [3.63, 3.8) is 0 Å². The molecule has 1 fully saturated rings. The summed E-state index contributed by atoms with van der Waals surface area (Å²) in [5, 5.41) is 5.73. The maximum atomic E-state index is 5.60. The molecule has 0 unspecified atom stereocenters. The Balaban J connectivity index is 1.70. The molecule has 4 rings (SSSR count). The van der Waals surface area contributed by atoms with Gasteiger partial charge in [0.1, 0.15) is 11.5 Å². The third kappa shape index (κ3) is 2.49. The molecular formula is C17H20N4O2S. The number of fused-ring (bicyclic) bond motifs is 1. The fourth-order valence-electron chi connectivity index (χ4n) is 3.33. The summed E-state index contributed by atoms with van der Waals surface area (Å²) in [6.07, 6.45) is 4.19. The minimum absolute atomic E-state index is 0.266. The Morgan fingerprint density at radius 1 is 1.25 bits per heavy atom. The van der Waals surface area contributed by atoms with Crippen molar-refractivity contribution < 1.29 is 9.47 Å². The fraction of sp³-hybridized carbons (Fsp3) is 0.412. The Morgan fingerprint density at radius 3 is 2.88 bits per heavy atom. The van der Waals surface area contributed by atoms with Crippen molar-refractivity contribution in [2.45, 2.75) is 25.8 Å². The number of nitrogens with zero attached hydrogens (tertiary/aromatic N) is 4. The summed E-state index contributed by atoms with van der Waals surface area (Å²) < 4.78 is 12.8. The molecule has 0 bridgehead atoms. The van der Waals surface area contributed by atoms with E-state index < -0.39 is 0 Å². The SMILES string of the molecule is COc1ccc([C@H]2CCCN2c2nn3cc(C)nc3s2)c(OC)c1. The van der Waals surface area contributed by atoms with Crippen LogP contribution in [0, 0.1) is 6.92 Å². The average Bonchev–Trinajstić information content (AvgIpc) is 3.27. The first-order chi connectivity index (χ1) is 11.7. The van der Waals surface area contributed by atoms with Crippen LogP contribution in [0.15, 0.2) is 24.4 Å². The number of ether oxygens (including phenoxy) is 2. The number of anilines is 1. The molecule has 3 heterocycles. The highest BCUT2D eigenvalue weighted by atomic mass is 32.1. The predicted octanol–water partition coefficient (Wildman–Crippen LogP) is 3.46. The van der Waals surface area contributed by atoms with E-state index in [1.807, 2.05) is 29.8 Å². The van der Waals surface area contributed by atoms with Crippen LogP contribution in [0.3, 0.4) is 0 Å². The van der Waals surface area contributed by atoms with Crippen LogP contribution in [0.2, 0.25) is 0 Å². The minimum Gasteiger partial charge on any atom is -0.497 e. The van der Waals surface area contributed by atoms with E-state index in [1.165, 1.54) is 5.56 Å². The smallest absolute Gasteiger partial charge is 0.214 e. The Labute approximate surface area is 144 Å². The highest BCUT2D eigenvalue weighted by molar-refractivity contribution is 7.20. The van der Waals surface area contributed by atoms with E-state index in [4.69, 9.17) is 14.6 Å². The van der Waals surface area contributed by atoms with Gasteiger partial charge in [-0.3, -0.25) is 0 Å². The Kier molecular flexibility index (Phi) is 3.80. The largest absolute Gasteiger partial charge is 0.497 e.